The molecule has 0 radical (unpaired) electrons. The van der Waals surface area contributed by atoms with Gasteiger partial charge in [-0.3, -0.25) is 24.5 Å². The van der Waals surface area contributed by atoms with Crippen LogP contribution in [0.4, 0.5) is 5.69 Å². The maximum Gasteiger partial charge on any atom is 0.294 e. The van der Waals surface area contributed by atoms with Crippen molar-refractivity contribution >= 4 is 34.2 Å². The topological polar surface area (TPSA) is 117 Å². The van der Waals surface area contributed by atoms with Crippen LogP contribution in [0.25, 0.3) is 10.9 Å². The average molecular weight is 436 g/mol. The number of hydrogen-bond donors (Lipinski definition) is 1. The fourth-order valence-electron chi connectivity index (χ4n) is 3.49. The number of amides is 2. The first-order valence-electron chi connectivity index (χ1n) is 10.2. The van der Waals surface area contributed by atoms with Crippen molar-refractivity contribution < 1.29 is 19.3 Å². The Morgan fingerprint density at radius 1 is 1.00 bits per heavy atom. The summed E-state index contributed by atoms with van der Waals surface area (Å²) >= 11 is 0. The average Bonchev–Trinajstić information content (AvgIpc) is 3.24. The summed E-state index contributed by atoms with van der Waals surface area (Å²) in [7, 11) is 1.49. The molecule has 166 valence electrons. The largest absolute Gasteiger partial charge is 0.355 e. The highest BCUT2D eigenvalue weighted by atomic mass is 16.6. The van der Waals surface area contributed by atoms with Gasteiger partial charge in [0.2, 0.25) is 0 Å². The molecule has 3 rings (SSSR count). The van der Waals surface area contributed by atoms with Gasteiger partial charge in [-0.05, 0) is 18.6 Å². The van der Waals surface area contributed by atoms with Crippen molar-refractivity contribution in [3.63, 3.8) is 0 Å². The van der Waals surface area contributed by atoms with Crippen LogP contribution in [0.15, 0.2) is 54.7 Å². The third-order valence-corrected chi connectivity index (χ3v) is 5.18. The quantitative estimate of drug-likeness (QED) is 0.239. The van der Waals surface area contributed by atoms with Gasteiger partial charge in [0.15, 0.2) is 0 Å². The summed E-state index contributed by atoms with van der Waals surface area (Å²) in [5.41, 5.74) is 0.661. The van der Waals surface area contributed by atoms with Gasteiger partial charge in [0, 0.05) is 49.9 Å². The van der Waals surface area contributed by atoms with E-state index < -0.39 is 16.6 Å². The number of nitro groups is 1. The van der Waals surface area contributed by atoms with Crippen LogP contribution in [-0.4, -0.2) is 64.0 Å². The van der Waals surface area contributed by atoms with E-state index in [-0.39, 0.29) is 35.8 Å². The molecule has 1 aromatic heterocycles. The maximum absolute atomic E-state index is 12.8. The van der Waals surface area contributed by atoms with E-state index in [4.69, 9.17) is 0 Å². The van der Waals surface area contributed by atoms with Gasteiger partial charge in [0.1, 0.15) is 5.52 Å². The molecule has 1 heterocycles. The minimum Gasteiger partial charge on any atom is -0.355 e. The summed E-state index contributed by atoms with van der Waals surface area (Å²) in [4.78, 5) is 54.6. The number of ketones is 1. The Balaban J connectivity index is 1.72. The summed E-state index contributed by atoms with van der Waals surface area (Å²) in [6, 6.07) is 13.2. The Labute approximate surface area is 184 Å². The molecule has 2 amide bonds. The molecule has 0 saturated heterocycles. The number of carbonyl (C=O) groups excluding carboxylic acids is 3. The van der Waals surface area contributed by atoms with Gasteiger partial charge in [0.25, 0.3) is 23.3 Å². The normalized spacial score (nSPS) is 10.7. The van der Waals surface area contributed by atoms with E-state index >= 15 is 0 Å². The SMILES string of the molecule is CCCN(CCN(C)C(=O)C(=O)c1c[nH]c2c([N+](=O)[O-])cccc12)C(=O)c1ccccc1. The van der Waals surface area contributed by atoms with Crippen LogP contribution < -0.4 is 0 Å². The van der Waals surface area contributed by atoms with Crippen molar-refractivity contribution in [2.24, 2.45) is 0 Å². The lowest BCUT2D eigenvalue weighted by atomic mass is 10.1. The van der Waals surface area contributed by atoms with Crippen molar-refractivity contribution in [2.75, 3.05) is 26.7 Å². The first kappa shape index (κ1) is 22.7. The lowest BCUT2D eigenvalue weighted by Crippen LogP contribution is -2.41. The summed E-state index contributed by atoms with van der Waals surface area (Å²) < 4.78 is 0. The molecule has 0 unspecified atom stereocenters. The number of aromatic amines is 1. The van der Waals surface area contributed by atoms with Gasteiger partial charge in [-0.15, -0.1) is 0 Å². The van der Waals surface area contributed by atoms with Crippen molar-refractivity contribution in [1.82, 2.24) is 14.8 Å². The summed E-state index contributed by atoms with van der Waals surface area (Å²) in [5, 5.41) is 11.5. The first-order valence-corrected chi connectivity index (χ1v) is 10.2. The Morgan fingerprint density at radius 2 is 1.72 bits per heavy atom. The molecule has 3 aromatic rings. The number of likely N-dealkylation sites (N-methyl/N-ethyl adjacent to an activating group) is 1. The van der Waals surface area contributed by atoms with Crippen molar-refractivity contribution in [3.05, 3.63) is 76.0 Å². The van der Waals surface area contributed by atoms with Gasteiger partial charge in [-0.25, -0.2) is 0 Å². The number of nitro benzene ring substituents is 1. The van der Waals surface area contributed by atoms with E-state index in [0.29, 0.717) is 17.5 Å². The molecule has 0 bridgehead atoms. The Kier molecular flexibility index (Phi) is 6.99. The minimum atomic E-state index is -0.768. The van der Waals surface area contributed by atoms with Crippen LogP contribution in [0.3, 0.4) is 0 Å². The van der Waals surface area contributed by atoms with Gasteiger partial charge in [0.05, 0.1) is 10.5 Å². The molecule has 2 aromatic carbocycles. The molecular formula is C23H24N4O5. The lowest BCUT2D eigenvalue weighted by Gasteiger charge is -2.25. The highest BCUT2D eigenvalue weighted by Gasteiger charge is 2.26. The molecule has 0 spiro atoms. The number of Topliss-reactive ketones (excluding diaryl/α,β-unsaturated/α-hetero) is 1. The summed E-state index contributed by atoms with van der Waals surface area (Å²) in [6.45, 7) is 2.93. The van der Waals surface area contributed by atoms with Crippen molar-refractivity contribution in [3.8, 4) is 0 Å². The fourth-order valence-corrected chi connectivity index (χ4v) is 3.49. The van der Waals surface area contributed by atoms with Crippen LogP contribution in [-0.2, 0) is 4.79 Å². The number of para-hydroxylation sites is 1. The molecule has 0 aliphatic heterocycles. The van der Waals surface area contributed by atoms with E-state index in [2.05, 4.69) is 4.98 Å². The highest BCUT2D eigenvalue weighted by Crippen LogP contribution is 2.27. The zero-order chi connectivity index (χ0) is 23.3. The number of rotatable bonds is 9. The van der Waals surface area contributed by atoms with Crippen LogP contribution in [0.2, 0.25) is 0 Å². The molecular weight excluding hydrogens is 412 g/mol. The predicted octanol–water partition coefficient (Wildman–Crippen LogP) is 3.27. The Hall–Kier alpha value is -4.01. The number of non-ortho nitro benzene ring substituents is 1. The molecule has 32 heavy (non-hydrogen) atoms. The second-order valence-electron chi connectivity index (χ2n) is 7.37. The van der Waals surface area contributed by atoms with E-state index in [0.717, 1.165) is 6.42 Å². The molecule has 1 N–H and O–H groups in total. The zero-order valence-corrected chi connectivity index (χ0v) is 17.9. The van der Waals surface area contributed by atoms with Crippen molar-refractivity contribution in [1.29, 1.82) is 0 Å². The molecule has 0 aliphatic carbocycles. The minimum absolute atomic E-state index is 0.0753. The monoisotopic (exact) mass is 436 g/mol. The molecule has 0 saturated carbocycles. The number of fused-ring (bicyclic) bond motifs is 1. The number of nitrogens with one attached hydrogen (secondary N) is 1. The number of aromatic nitrogens is 1. The predicted molar refractivity (Wildman–Crippen MR) is 120 cm³/mol. The van der Waals surface area contributed by atoms with Crippen molar-refractivity contribution in [2.45, 2.75) is 13.3 Å². The van der Waals surface area contributed by atoms with Crippen LogP contribution in [0, 0.1) is 10.1 Å². The third-order valence-electron chi connectivity index (χ3n) is 5.18. The number of benzene rings is 2. The number of carbonyl (C=O) groups is 3. The fraction of sp³-hybridized carbons (Fsp3) is 0.261. The first-order chi connectivity index (χ1) is 15.3. The van der Waals surface area contributed by atoms with Crippen LogP contribution >= 0.6 is 0 Å². The van der Waals surface area contributed by atoms with Gasteiger partial charge >= 0.3 is 0 Å². The maximum atomic E-state index is 12.8. The van der Waals surface area contributed by atoms with Gasteiger partial charge in [-0.1, -0.05) is 37.3 Å². The highest BCUT2D eigenvalue weighted by molar-refractivity contribution is 6.44. The van der Waals surface area contributed by atoms with Gasteiger partial charge < -0.3 is 14.8 Å². The standard InChI is InChI=1S/C23H24N4O5/c1-3-12-26(22(29)16-8-5-4-6-9-16)14-13-25(2)23(30)21(28)18-15-24-20-17(18)10-7-11-19(20)27(31)32/h4-11,15,24H,3,12-14H2,1-2H3. The molecule has 0 atom stereocenters. The van der Waals surface area contributed by atoms with E-state index in [1.807, 2.05) is 13.0 Å². The van der Waals surface area contributed by atoms with Gasteiger partial charge in [-0.2, -0.15) is 0 Å². The Bertz CT molecular complexity index is 1160. The van der Waals surface area contributed by atoms with E-state index in [1.54, 1.807) is 35.2 Å². The molecule has 9 nitrogen and oxygen atoms in total. The van der Waals surface area contributed by atoms with E-state index in [9.17, 15) is 24.5 Å². The third kappa shape index (κ3) is 4.66. The summed E-state index contributed by atoms with van der Waals surface area (Å²) in [5.74, 6) is -1.65. The van der Waals surface area contributed by atoms with Crippen LogP contribution in [0.5, 0.6) is 0 Å². The second kappa shape index (κ2) is 9.86. The summed E-state index contributed by atoms with van der Waals surface area (Å²) in [6.07, 6.45) is 2.07. The second-order valence-corrected chi connectivity index (χ2v) is 7.37. The van der Waals surface area contributed by atoms with Crippen LogP contribution in [0.1, 0.15) is 34.1 Å². The molecule has 0 fully saturated rings. The van der Waals surface area contributed by atoms with E-state index in [1.165, 1.54) is 30.3 Å². The molecule has 9 heteroatoms. The number of nitrogens with zero attached hydrogens (tertiary/aromatic N) is 3. The number of hydrogen-bond acceptors (Lipinski definition) is 5. The molecule has 0 aliphatic rings. The zero-order valence-electron chi connectivity index (χ0n) is 17.9. The lowest BCUT2D eigenvalue weighted by molar-refractivity contribution is -0.383. The number of H-pyrrole nitrogens is 1. The smallest absolute Gasteiger partial charge is 0.294 e. The Morgan fingerprint density at radius 3 is 2.38 bits per heavy atom.